The summed E-state index contributed by atoms with van der Waals surface area (Å²) in [4.78, 5) is 8.72. The molecule has 0 aliphatic carbocycles. The van der Waals surface area contributed by atoms with Crippen LogP contribution >= 0.6 is 11.3 Å². The summed E-state index contributed by atoms with van der Waals surface area (Å²) < 4.78 is 0. The summed E-state index contributed by atoms with van der Waals surface area (Å²) >= 11 is 1.95. The summed E-state index contributed by atoms with van der Waals surface area (Å²) in [5.41, 5.74) is 0. The fourth-order valence-electron chi connectivity index (χ4n) is 2.99. The molecular formula is C14H23N3S. The lowest BCUT2D eigenvalue weighted by Crippen LogP contribution is -2.28. The van der Waals surface area contributed by atoms with Gasteiger partial charge in [0.15, 0.2) is 0 Å². The van der Waals surface area contributed by atoms with Crippen molar-refractivity contribution in [3.8, 4) is 0 Å². The van der Waals surface area contributed by atoms with Crippen molar-refractivity contribution in [1.82, 2.24) is 15.2 Å². The first-order valence-corrected chi connectivity index (χ1v) is 8.11. The number of aromatic nitrogens is 1. The van der Waals surface area contributed by atoms with Crippen LogP contribution in [0.15, 0.2) is 6.20 Å². The number of hydrogen-bond acceptors (Lipinski definition) is 4. The number of piperidine rings is 2. The summed E-state index contributed by atoms with van der Waals surface area (Å²) in [6, 6.07) is 0. The molecule has 4 heteroatoms. The lowest BCUT2D eigenvalue weighted by Gasteiger charge is -2.25. The van der Waals surface area contributed by atoms with Crippen LogP contribution in [0.4, 0.5) is 0 Å². The predicted molar refractivity (Wildman–Crippen MR) is 76.1 cm³/mol. The second-order valence-corrected chi connectivity index (χ2v) is 6.67. The van der Waals surface area contributed by atoms with Crippen LogP contribution in [0.25, 0.3) is 0 Å². The van der Waals surface area contributed by atoms with Crippen LogP contribution in [-0.2, 0) is 6.54 Å². The predicted octanol–water partition coefficient (Wildman–Crippen LogP) is 2.60. The molecule has 18 heavy (non-hydrogen) atoms. The Morgan fingerprint density at radius 3 is 2.78 bits per heavy atom. The van der Waals surface area contributed by atoms with E-state index in [2.05, 4.69) is 21.4 Å². The smallest absolute Gasteiger partial charge is 0.0960 e. The molecule has 0 bridgehead atoms. The number of thiazole rings is 1. The van der Waals surface area contributed by atoms with Gasteiger partial charge in [-0.15, -0.1) is 11.3 Å². The highest BCUT2D eigenvalue weighted by Crippen LogP contribution is 2.29. The first-order chi connectivity index (χ1) is 8.92. The Bertz CT molecular complexity index is 365. The highest BCUT2D eigenvalue weighted by atomic mass is 32.1. The fourth-order valence-corrected chi connectivity index (χ4v) is 4.12. The average Bonchev–Trinajstić information content (AvgIpc) is 2.89. The summed E-state index contributed by atoms with van der Waals surface area (Å²) in [6.45, 7) is 6.00. The number of nitrogens with zero attached hydrogens (tertiary/aromatic N) is 2. The third-order valence-electron chi connectivity index (χ3n) is 4.09. The van der Waals surface area contributed by atoms with E-state index in [1.165, 1.54) is 55.1 Å². The monoisotopic (exact) mass is 265 g/mol. The Morgan fingerprint density at radius 2 is 2.00 bits per heavy atom. The molecule has 2 saturated heterocycles. The molecule has 0 aromatic carbocycles. The van der Waals surface area contributed by atoms with Gasteiger partial charge in [0.05, 0.1) is 5.01 Å². The molecule has 0 saturated carbocycles. The maximum Gasteiger partial charge on any atom is 0.0960 e. The number of nitrogens with one attached hydrogen (secondary N) is 1. The topological polar surface area (TPSA) is 28.2 Å². The molecule has 0 amide bonds. The largest absolute Gasteiger partial charge is 0.317 e. The zero-order chi connectivity index (χ0) is 12.2. The van der Waals surface area contributed by atoms with Crippen molar-refractivity contribution in [2.45, 2.75) is 44.6 Å². The normalized spacial score (nSPS) is 23.3. The highest BCUT2D eigenvalue weighted by Gasteiger charge is 2.19. The van der Waals surface area contributed by atoms with Crippen molar-refractivity contribution < 1.29 is 0 Å². The lowest BCUT2D eigenvalue weighted by molar-refractivity contribution is 0.222. The molecule has 0 atom stereocenters. The summed E-state index contributed by atoms with van der Waals surface area (Å²) in [5, 5.41) is 4.80. The number of hydrogen-bond donors (Lipinski definition) is 1. The van der Waals surface area contributed by atoms with Gasteiger partial charge >= 0.3 is 0 Å². The minimum absolute atomic E-state index is 0.714. The third kappa shape index (κ3) is 3.11. The van der Waals surface area contributed by atoms with Crippen LogP contribution in [-0.4, -0.2) is 36.1 Å². The van der Waals surface area contributed by atoms with Crippen molar-refractivity contribution in [2.24, 2.45) is 0 Å². The van der Waals surface area contributed by atoms with Crippen molar-refractivity contribution in [2.75, 3.05) is 26.2 Å². The first-order valence-electron chi connectivity index (χ1n) is 7.29. The van der Waals surface area contributed by atoms with Gasteiger partial charge in [0.1, 0.15) is 0 Å². The molecule has 2 aliphatic heterocycles. The van der Waals surface area contributed by atoms with Crippen molar-refractivity contribution >= 4 is 11.3 Å². The SMILES string of the molecule is c1nc(C2CCNCC2)sc1CN1CCCCC1. The lowest BCUT2D eigenvalue weighted by atomic mass is 9.99. The summed E-state index contributed by atoms with van der Waals surface area (Å²) in [6.07, 6.45) is 8.81. The Labute approximate surface area is 114 Å². The Balaban J connectivity index is 1.58. The van der Waals surface area contributed by atoms with E-state index < -0.39 is 0 Å². The van der Waals surface area contributed by atoms with Gasteiger partial charge in [-0.25, -0.2) is 4.98 Å². The van der Waals surface area contributed by atoms with Crippen LogP contribution in [0, 0.1) is 0 Å². The van der Waals surface area contributed by atoms with Crippen LogP contribution in [0.5, 0.6) is 0 Å². The van der Waals surface area contributed by atoms with Gasteiger partial charge in [0.2, 0.25) is 0 Å². The second kappa shape index (κ2) is 6.13. The molecule has 0 radical (unpaired) electrons. The van der Waals surface area contributed by atoms with E-state index in [1.54, 1.807) is 0 Å². The van der Waals surface area contributed by atoms with Crippen molar-refractivity contribution in [1.29, 1.82) is 0 Å². The second-order valence-electron chi connectivity index (χ2n) is 5.53. The molecular weight excluding hydrogens is 242 g/mol. The van der Waals surface area contributed by atoms with Gasteiger partial charge in [0, 0.05) is 23.5 Å². The molecule has 1 N–H and O–H groups in total. The fraction of sp³-hybridized carbons (Fsp3) is 0.786. The molecule has 1 aromatic rings. The van der Waals surface area contributed by atoms with E-state index in [0.717, 1.165) is 19.6 Å². The zero-order valence-corrected chi connectivity index (χ0v) is 11.8. The average molecular weight is 265 g/mol. The van der Waals surface area contributed by atoms with E-state index in [-0.39, 0.29) is 0 Å². The van der Waals surface area contributed by atoms with E-state index in [1.807, 2.05) is 11.3 Å². The maximum atomic E-state index is 4.67. The van der Waals surface area contributed by atoms with Gasteiger partial charge in [-0.1, -0.05) is 6.42 Å². The molecule has 1 aromatic heterocycles. The third-order valence-corrected chi connectivity index (χ3v) is 5.23. The Morgan fingerprint density at radius 1 is 1.22 bits per heavy atom. The molecule has 0 unspecified atom stereocenters. The zero-order valence-electron chi connectivity index (χ0n) is 11.0. The minimum atomic E-state index is 0.714. The van der Waals surface area contributed by atoms with E-state index in [9.17, 15) is 0 Å². The quantitative estimate of drug-likeness (QED) is 0.910. The van der Waals surface area contributed by atoms with Gasteiger partial charge in [-0.3, -0.25) is 4.90 Å². The summed E-state index contributed by atoms with van der Waals surface area (Å²) in [7, 11) is 0. The number of rotatable bonds is 3. The molecule has 3 nitrogen and oxygen atoms in total. The molecule has 3 rings (SSSR count). The molecule has 0 spiro atoms. The van der Waals surface area contributed by atoms with Gasteiger partial charge in [0.25, 0.3) is 0 Å². The van der Waals surface area contributed by atoms with Crippen LogP contribution in [0.2, 0.25) is 0 Å². The van der Waals surface area contributed by atoms with Crippen molar-refractivity contribution in [3.05, 3.63) is 16.1 Å². The first kappa shape index (κ1) is 12.6. The van der Waals surface area contributed by atoms with E-state index in [0.29, 0.717) is 5.92 Å². The minimum Gasteiger partial charge on any atom is -0.317 e. The van der Waals surface area contributed by atoms with Gasteiger partial charge in [-0.05, 0) is 51.9 Å². The van der Waals surface area contributed by atoms with E-state index in [4.69, 9.17) is 0 Å². The van der Waals surface area contributed by atoms with Gasteiger partial charge in [-0.2, -0.15) is 0 Å². The van der Waals surface area contributed by atoms with Gasteiger partial charge < -0.3 is 5.32 Å². The molecule has 2 aliphatic rings. The van der Waals surface area contributed by atoms with Crippen LogP contribution < -0.4 is 5.32 Å². The van der Waals surface area contributed by atoms with Crippen LogP contribution in [0.3, 0.4) is 0 Å². The van der Waals surface area contributed by atoms with Crippen molar-refractivity contribution in [3.63, 3.8) is 0 Å². The Hall–Kier alpha value is -0.450. The molecule has 2 fully saturated rings. The van der Waals surface area contributed by atoms with Crippen LogP contribution in [0.1, 0.15) is 47.9 Å². The standard InChI is InChI=1S/C14H23N3S/c1-2-8-17(9-3-1)11-13-10-16-14(18-13)12-4-6-15-7-5-12/h10,12,15H,1-9,11H2. The maximum absolute atomic E-state index is 4.67. The molecule has 100 valence electrons. The highest BCUT2D eigenvalue weighted by molar-refractivity contribution is 7.11. The Kier molecular flexibility index (Phi) is 4.28. The molecule has 3 heterocycles. The van der Waals surface area contributed by atoms with E-state index >= 15 is 0 Å². The summed E-state index contributed by atoms with van der Waals surface area (Å²) in [5.74, 6) is 0.714. The number of likely N-dealkylation sites (tertiary alicyclic amines) is 1.